The van der Waals surface area contributed by atoms with Crippen LogP contribution in [-0.4, -0.2) is 23.2 Å². The van der Waals surface area contributed by atoms with Gasteiger partial charge in [-0.3, -0.25) is 4.90 Å². The first-order valence-corrected chi connectivity index (χ1v) is 7.67. The zero-order valence-electron chi connectivity index (χ0n) is 13.5. The van der Waals surface area contributed by atoms with Crippen LogP contribution in [0.3, 0.4) is 0 Å². The van der Waals surface area contributed by atoms with Gasteiger partial charge < -0.3 is 4.74 Å². The molecule has 0 bridgehead atoms. The van der Waals surface area contributed by atoms with Crippen LogP contribution in [0.5, 0.6) is 0 Å². The van der Waals surface area contributed by atoms with Gasteiger partial charge in [-0.15, -0.1) is 0 Å². The molecule has 5 heteroatoms. The number of rotatable bonds is 1. The molecule has 1 aromatic heterocycles. The van der Waals surface area contributed by atoms with Crippen molar-refractivity contribution in [1.82, 2.24) is 4.98 Å². The Morgan fingerprint density at radius 2 is 1.79 bits per heavy atom. The number of aromatic nitrogens is 1. The monoisotopic (exact) mass is 324 g/mol. The molecule has 2 aromatic rings. The molecule has 0 aliphatic carbocycles. The van der Waals surface area contributed by atoms with E-state index in [1.54, 1.807) is 30.5 Å². The lowest BCUT2D eigenvalue weighted by molar-refractivity contribution is 0.0234. The van der Waals surface area contributed by atoms with Gasteiger partial charge in [0.1, 0.15) is 17.2 Å². The molecule has 1 saturated heterocycles. The predicted molar refractivity (Wildman–Crippen MR) is 89.1 cm³/mol. The van der Waals surface area contributed by atoms with Crippen molar-refractivity contribution in [2.75, 3.05) is 11.4 Å². The lowest BCUT2D eigenvalue weighted by Crippen LogP contribution is -2.47. The van der Waals surface area contributed by atoms with Crippen molar-refractivity contribution in [2.24, 2.45) is 0 Å². The summed E-state index contributed by atoms with van der Waals surface area (Å²) >= 11 is 0. The summed E-state index contributed by atoms with van der Waals surface area (Å²) in [4.78, 5) is 17.8. The largest absolute Gasteiger partial charge is 0.443 e. The Balaban J connectivity index is 1.72. The van der Waals surface area contributed by atoms with Crippen molar-refractivity contribution in [3.63, 3.8) is 0 Å². The van der Waals surface area contributed by atoms with Crippen LogP contribution in [-0.2, 0) is 4.74 Å². The fourth-order valence-corrected chi connectivity index (χ4v) is 2.32. The Bertz CT molecular complexity index is 802. The molecule has 2 heterocycles. The minimum Gasteiger partial charge on any atom is -0.443 e. The van der Waals surface area contributed by atoms with Crippen LogP contribution in [0.2, 0.25) is 0 Å². The second-order valence-electron chi connectivity index (χ2n) is 6.19. The smallest absolute Gasteiger partial charge is 0.416 e. The molecule has 0 unspecified atom stereocenters. The van der Waals surface area contributed by atoms with Crippen LogP contribution in [0.15, 0.2) is 42.6 Å². The van der Waals surface area contributed by atoms with Gasteiger partial charge in [0.2, 0.25) is 0 Å². The fourth-order valence-electron chi connectivity index (χ4n) is 2.32. The van der Waals surface area contributed by atoms with Crippen molar-refractivity contribution >= 4 is 11.9 Å². The van der Waals surface area contributed by atoms with E-state index in [0.717, 1.165) is 12.0 Å². The number of carbonyl (C=O) groups is 1. The molecule has 1 aromatic carbocycles. The van der Waals surface area contributed by atoms with Gasteiger partial charge >= 0.3 is 6.09 Å². The van der Waals surface area contributed by atoms with E-state index in [2.05, 4.69) is 16.8 Å². The van der Waals surface area contributed by atoms with E-state index in [4.69, 9.17) is 4.74 Å². The van der Waals surface area contributed by atoms with Crippen LogP contribution in [0, 0.1) is 17.7 Å². The zero-order chi connectivity index (χ0) is 17.2. The summed E-state index contributed by atoms with van der Waals surface area (Å²) < 4.78 is 18.2. The maximum Gasteiger partial charge on any atom is 0.416 e. The summed E-state index contributed by atoms with van der Waals surface area (Å²) in [6.07, 6.45) is 1.97. The van der Waals surface area contributed by atoms with E-state index in [1.165, 1.54) is 17.0 Å². The van der Waals surface area contributed by atoms with E-state index in [0.29, 0.717) is 17.9 Å². The Hall–Kier alpha value is -2.87. The highest BCUT2D eigenvalue weighted by molar-refractivity contribution is 5.87. The normalized spacial score (nSPS) is 16.1. The van der Waals surface area contributed by atoms with Crippen molar-refractivity contribution in [1.29, 1.82) is 0 Å². The third-order valence-corrected chi connectivity index (χ3v) is 3.74. The third-order valence-electron chi connectivity index (χ3n) is 3.74. The molecule has 1 amide bonds. The van der Waals surface area contributed by atoms with Gasteiger partial charge in [-0.05, 0) is 50.2 Å². The van der Waals surface area contributed by atoms with E-state index in [-0.39, 0.29) is 11.9 Å². The number of hydrogen-bond acceptors (Lipinski definition) is 3. The quantitative estimate of drug-likeness (QED) is 0.750. The Morgan fingerprint density at radius 3 is 2.42 bits per heavy atom. The average Bonchev–Trinajstić information content (AvgIpc) is 2.54. The first-order chi connectivity index (χ1) is 11.4. The molecular weight excluding hydrogens is 307 g/mol. The maximum absolute atomic E-state index is 12.9. The molecule has 0 radical (unpaired) electrons. The molecule has 0 spiro atoms. The van der Waals surface area contributed by atoms with E-state index < -0.39 is 5.60 Å². The number of cyclic esters (lactones) is 1. The number of amides is 1. The molecule has 1 aliphatic heterocycles. The maximum atomic E-state index is 12.9. The second kappa shape index (κ2) is 6.32. The second-order valence-corrected chi connectivity index (χ2v) is 6.19. The van der Waals surface area contributed by atoms with Crippen molar-refractivity contribution in [3.05, 3.63) is 59.5 Å². The molecule has 1 aliphatic rings. The summed E-state index contributed by atoms with van der Waals surface area (Å²) in [5.41, 5.74) is 1.00. The van der Waals surface area contributed by atoms with Crippen molar-refractivity contribution < 1.29 is 13.9 Å². The van der Waals surface area contributed by atoms with Crippen LogP contribution >= 0.6 is 0 Å². The third kappa shape index (κ3) is 3.72. The highest BCUT2D eigenvalue weighted by atomic mass is 19.1. The van der Waals surface area contributed by atoms with Gasteiger partial charge in [-0.1, -0.05) is 11.8 Å². The van der Waals surface area contributed by atoms with Gasteiger partial charge in [0, 0.05) is 30.3 Å². The van der Waals surface area contributed by atoms with Gasteiger partial charge in [0.15, 0.2) is 0 Å². The number of pyridine rings is 1. The van der Waals surface area contributed by atoms with Gasteiger partial charge in [0.25, 0.3) is 0 Å². The highest BCUT2D eigenvalue weighted by Gasteiger charge is 2.33. The number of carbonyl (C=O) groups excluding carboxylic acids is 1. The molecule has 0 atom stereocenters. The first-order valence-electron chi connectivity index (χ1n) is 7.67. The van der Waals surface area contributed by atoms with E-state index in [9.17, 15) is 9.18 Å². The van der Waals surface area contributed by atoms with Crippen LogP contribution in [0.25, 0.3) is 0 Å². The molecule has 122 valence electrons. The SMILES string of the molecule is CC1(C)CCN(c2ccc(C#Cc3ccc(F)cc3)cn2)C(=O)O1. The number of anilines is 1. The predicted octanol–water partition coefficient (Wildman–Crippen LogP) is 3.75. The molecule has 0 N–H and O–H groups in total. The standard InChI is InChI=1S/C19H17FN2O2/c1-19(2)11-12-22(18(23)24-19)17-10-7-15(13-21-17)4-3-14-5-8-16(20)9-6-14/h5-10,13H,11-12H2,1-2H3. The lowest BCUT2D eigenvalue weighted by Gasteiger charge is -2.35. The molecule has 24 heavy (non-hydrogen) atoms. The number of benzene rings is 1. The fraction of sp³-hybridized carbons (Fsp3) is 0.263. The molecule has 3 rings (SSSR count). The summed E-state index contributed by atoms with van der Waals surface area (Å²) in [6.45, 7) is 4.35. The number of hydrogen-bond donors (Lipinski definition) is 0. The minimum absolute atomic E-state index is 0.289. The Morgan fingerprint density at radius 1 is 1.12 bits per heavy atom. The van der Waals surface area contributed by atoms with Crippen molar-refractivity contribution in [3.8, 4) is 11.8 Å². The zero-order valence-corrected chi connectivity index (χ0v) is 13.5. The first kappa shape index (κ1) is 16.0. The minimum atomic E-state index is -0.436. The molecule has 0 saturated carbocycles. The van der Waals surface area contributed by atoms with E-state index >= 15 is 0 Å². The molecule has 1 fully saturated rings. The molecular formula is C19H17FN2O2. The van der Waals surface area contributed by atoms with Crippen molar-refractivity contribution in [2.45, 2.75) is 25.9 Å². The Labute approximate surface area is 140 Å². The number of halogens is 1. The van der Waals surface area contributed by atoms with Crippen LogP contribution < -0.4 is 4.90 Å². The topological polar surface area (TPSA) is 42.4 Å². The summed E-state index contributed by atoms with van der Waals surface area (Å²) in [6, 6.07) is 9.52. The highest BCUT2D eigenvalue weighted by Crippen LogP contribution is 2.25. The van der Waals surface area contributed by atoms with E-state index in [1.807, 2.05) is 13.8 Å². The summed E-state index contributed by atoms with van der Waals surface area (Å²) in [5.74, 6) is 6.17. The number of ether oxygens (including phenoxy) is 1. The van der Waals surface area contributed by atoms with Gasteiger partial charge in [-0.2, -0.15) is 0 Å². The lowest BCUT2D eigenvalue weighted by atomic mass is 10.0. The molecule has 4 nitrogen and oxygen atoms in total. The average molecular weight is 324 g/mol. The van der Waals surface area contributed by atoms with Gasteiger partial charge in [-0.25, -0.2) is 14.2 Å². The van der Waals surface area contributed by atoms with Gasteiger partial charge in [0.05, 0.1) is 0 Å². The van der Waals surface area contributed by atoms with Crippen LogP contribution in [0.4, 0.5) is 15.0 Å². The Kier molecular flexibility index (Phi) is 4.22. The summed E-state index contributed by atoms with van der Waals surface area (Å²) in [7, 11) is 0. The summed E-state index contributed by atoms with van der Waals surface area (Å²) in [5, 5.41) is 0. The van der Waals surface area contributed by atoms with Crippen LogP contribution in [0.1, 0.15) is 31.4 Å². The number of nitrogens with zero attached hydrogens (tertiary/aromatic N) is 2.